The fraction of sp³-hybridized carbons (Fsp3) is 0.611. The number of nitrogens with one attached hydrogen (secondary N) is 2. The van der Waals surface area contributed by atoms with Crippen molar-refractivity contribution in [3.8, 4) is 5.75 Å². The third kappa shape index (κ3) is 4.62. The maximum atomic E-state index is 12.4. The highest BCUT2D eigenvalue weighted by Crippen LogP contribution is 2.28. The van der Waals surface area contributed by atoms with Gasteiger partial charge < -0.3 is 20.1 Å². The molecule has 5 nitrogen and oxygen atoms in total. The predicted octanol–water partition coefficient (Wildman–Crippen LogP) is 2.77. The molecule has 1 amide bonds. The van der Waals surface area contributed by atoms with Crippen LogP contribution in [0.1, 0.15) is 25.3 Å². The molecule has 2 aliphatic heterocycles. The first-order chi connectivity index (χ1) is 11.1. The minimum atomic E-state index is 0. The Bertz CT molecular complexity index is 557. The van der Waals surface area contributed by atoms with Gasteiger partial charge in [-0.05, 0) is 56.5 Å². The molecule has 0 aromatic heterocycles. The highest BCUT2D eigenvalue weighted by atomic mass is 35.5. The molecule has 3 rings (SSSR count). The fourth-order valence-electron chi connectivity index (χ4n) is 2.94. The molecule has 2 atom stereocenters. The van der Waals surface area contributed by atoms with E-state index in [1.807, 2.05) is 32.0 Å². The van der Waals surface area contributed by atoms with Gasteiger partial charge in [-0.3, -0.25) is 4.79 Å². The van der Waals surface area contributed by atoms with E-state index < -0.39 is 0 Å². The summed E-state index contributed by atoms with van der Waals surface area (Å²) in [6.07, 6.45) is 2.30. The molecular weight excluding hydrogens is 328 g/mol. The SMILES string of the molecule is Cc1ccc(NC(=O)C(C)C2CNC2)c(OCC2CCCO2)c1.Cl. The standard InChI is InChI=1S/C18H26N2O3.ClH/c1-12-5-6-16(20-18(21)13(2)14-9-19-10-14)17(8-12)23-11-15-4-3-7-22-15;/h5-6,8,13-15,19H,3-4,7,9-11H2,1-2H3,(H,20,21);1H. The molecule has 134 valence electrons. The summed E-state index contributed by atoms with van der Waals surface area (Å²) in [5.41, 5.74) is 1.86. The number of rotatable bonds is 6. The predicted molar refractivity (Wildman–Crippen MR) is 97.0 cm³/mol. The Kier molecular flexibility index (Phi) is 6.90. The lowest BCUT2D eigenvalue weighted by molar-refractivity contribution is -0.121. The number of halogens is 1. The molecule has 24 heavy (non-hydrogen) atoms. The molecular formula is C18H27ClN2O3. The van der Waals surface area contributed by atoms with Gasteiger partial charge in [-0.1, -0.05) is 13.0 Å². The van der Waals surface area contributed by atoms with E-state index >= 15 is 0 Å². The van der Waals surface area contributed by atoms with Crippen molar-refractivity contribution in [2.45, 2.75) is 32.8 Å². The van der Waals surface area contributed by atoms with Gasteiger partial charge in [0.25, 0.3) is 0 Å². The number of carbonyl (C=O) groups is 1. The average Bonchev–Trinajstić information content (AvgIpc) is 2.98. The van der Waals surface area contributed by atoms with E-state index in [2.05, 4.69) is 10.6 Å². The monoisotopic (exact) mass is 354 g/mol. The number of aryl methyl sites for hydroxylation is 1. The second-order valence-corrected chi connectivity index (χ2v) is 6.64. The third-order valence-electron chi connectivity index (χ3n) is 4.78. The van der Waals surface area contributed by atoms with Crippen LogP contribution in [0.15, 0.2) is 18.2 Å². The largest absolute Gasteiger partial charge is 0.489 e. The summed E-state index contributed by atoms with van der Waals surface area (Å²) in [5, 5.41) is 6.24. The van der Waals surface area contributed by atoms with Gasteiger partial charge in [0.15, 0.2) is 0 Å². The van der Waals surface area contributed by atoms with Crippen molar-refractivity contribution in [1.29, 1.82) is 0 Å². The Morgan fingerprint density at radius 1 is 1.46 bits per heavy atom. The molecule has 0 radical (unpaired) electrons. The maximum absolute atomic E-state index is 12.4. The topological polar surface area (TPSA) is 59.6 Å². The van der Waals surface area contributed by atoms with Crippen molar-refractivity contribution in [3.63, 3.8) is 0 Å². The van der Waals surface area contributed by atoms with Crippen LogP contribution < -0.4 is 15.4 Å². The van der Waals surface area contributed by atoms with Gasteiger partial charge in [-0.2, -0.15) is 0 Å². The first kappa shape index (κ1) is 19.0. The second-order valence-electron chi connectivity index (χ2n) is 6.64. The van der Waals surface area contributed by atoms with E-state index in [1.165, 1.54) is 0 Å². The van der Waals surface area contributed by atoms with Crippen LogP contribution in [0.5, 0.6) is 5.75 Å². The molecule has 2 aliphatic rings. The number of carbonyl (C=O) groups excluding carboxylic acids is 1. The van der Waals surface area contributed by atoms with Crippen LogP contribution in [-0.4, -0.2) is 38.3 Å². The number of amides is 1. The summed E-state index contributed by atoms with van der Waals surface area (Å²) in [7, 11) is 0. The number of benzene rings is 1. The van der Waals surface area contributed by atoms with Crippen molar-refractivity contribution in [2.75, 3.05) is 31.6 Å². The molecule has 0 aliphatic carbocycles. The van der Waals surface area contributed by atoms with E-state index in [9.17, 15) is 4.79 Å². The van der Waals surface area contributed by atoms with E-state index in [0.29, 0.717) is 12.5 Å². The molecule has 2 fully saturated rings. The smallest absolute Gasteiger partial charge is 0.227 e. The van der Waals surface area contributed by atoms with E-state index in [4.69, 9.17) is 9.47 Å². The fourth-order valence-corrected chi connectivity index (χ4v) is 2.94. The Balaban J connectivity index is 0.00000208. The number of ether oxygens (including phenoxy) is 2. The Morgan fingerprint density at radius 2 is 2.25 bits per heavy atom. The Labute approximate surface area is 149 Å². The van der Waals surface area contributed by atoms with Crippen molar-refractivity contribution >= 4 is 24.0 Å². The highest BCUT2D eigenvalue weighted by molar-refractivity contribution is 5.94. The van der Waals surface area contributed by atoms with Gasteiger partial charge in [0.05, 0.1) is 11.8 Å². The lowest BCUT2D eigenvalue weighted by Crippen LogP contribution is -2.48. The van der Waals surface area contributed by atoms with Gasteiger partial charge in [0, 0.05) is 12.5 Å². The molecule has 2 unspecified atom stereocenters. The van der Waals surface area contributed by atoms with Crippen LogP contribution in [-0.2, 0) is 9.53 Å². The first-order valence-corrected chi connectivity index (χ1v) is 8.50. The Morgan fingerprint density at radius 3 is 2.88 bits per heavy atom. The van der Waals surface area contributed by atoms with E-state index in [1.54, 1.807) is 0 Å². The Hall–Kier alpha value is -1.30. The number of anilines is 1. The molecule has 2 heterocycles. The molecule has 1 aromatic carbocycles. The van der Waals surface area contributed by atoms with Crippen molar-refractivity contribution in [1.82, 2.24) is 5.32 Å². The number of hydrogen-bond donors (Lipinski definition) is 2. The van der Waals surface area contributed by atoms with Crippen LogP contribution in [0.2, 0.25) is 0 Å². The molecule has 0 saturated carbocycles. The molecule has 0 spiro atoms. The van der Waals surface area contributed by atoms with Gasteiger partial charge in [-0.25, -0.2) is 0 Å². The zero-order chi connectivity index (χ0) is 16.2. The van der Waals surface area contributed by atoms with Gasteiger partial charge in [-0.15, -0.1) is 12.4 Å². The van der Waals surface area contributed by atoms with Crippen LogP contribution in [0.4, 0.5) is 5.69 Å². The molecule has 6 heteroatoms. The molecule has 2 saturated heterocycles. The normalized spacial score (nSPS) is 21.5. The maximum Gasteiger partial charge on any atom is 0.227 e. The average molecular weight is 355 g/mol. The first-order valence-electron chi connectivity index (χ1n) is 8.50. The highest BCUT2D eigenvalue weighted by Gasteiger charge is 2.29. The van der Waals surface area contributed by atoms with Crippen molar-refractivity contribution in [3.05, 3.63) is 23.8 Å². The molecule has 0 bridgehead atoms. The molecule has 2 N–H and O–H groups in total. The van der Waals surface area contributed by atoms with E-state index in [-0.39, 0.29) is 30.3 Å². The van der Waals surface area contributed by atoms with Crippen LogP contribution >= 0.6 is 12.4 Å². The summed E-state index contributed by atoms with van der Waals surface area (Å²) in [4.78, 5) is 12.4. The third-order valence-corrected chi connectivity index (χ3v) is 4.78. The van der Waals surface area contributed by atoms with Crippen LogP contribution in [0, 0.1) is 18.8 Å². The van der Waals surface area contributed by atoms with Crippen molar-refractivity contribution in [2.24, 2.45) is 11.8 Å². The van der Waals surface area contributed by atoms with Crippen LogP contribution in [0.3, 0.4) is 0 Å². The zero-order valence-electron chi connectivity index (χ0n) is 14.3. The van der Waals surface area contributed by atoms with E-state index in [0.717, 1.165) is 49.5 Å². The summed E-state index contributed by atoms with van der Waals surface area (Å²) in [6.45, 7) is 7.21. The van der Waals surface area contributed by atoms with Gasteiger partial charge >= 0.3 is 0 Å². The van der Waals surface area contributed by atoms with Gasteiger partial charge in [0.2, 0.25) is 5.91 Å². The molecule has 1 aromatic rings. The van der Waals surface area contributed by atoms with Gasteiger partial charge in [0.1, 0.15) is 12.4 Å². The van der Waals surface area contributed by atoms with Crippen LogP contribution in [0.25, 0.3) is 0 Å². The minimum absolute atomic E-state index is 0. The lowest BCUT2D eigenvalue weighted by atomic mass is 9.88. The summed E-state index contributed by atoms with van der Waals surface area (Å²) in [5.74, 6) is 1.22. The summed E-state index contributed by atoms with van der Waals surface area (Å²) < 4.78 is 11.5. The second kappa shape index (κ2) is 8.70. The summed E-state index contributed by atoms with van der Waals surface area (Å²) >= 11 is 0. The summed E-state index contributed by atoms with van der Waals surface area (Å²) in [6, 6.07) is 5.88. The lowest BCUT2D eigenvalue weighted by Gasteiger charge is -2.31. The quantitative estimate of drug-likeness (QED) is 0.824. The minimum Gasteiger partial charge on any atom is -0.489 e. The number of hydrogen-bond acceptors (Lipinski definition) is 4. The zero-order valence-corrected chi connectivity index (χ0v) is 15.2. The van der Waals surface area contributed by atoms with Crippen molar-refractivity contribution < 1.29 is 14.3 Å².